The molecule has 0 fully saturated rings. The molecular formula is C15H15OP. The molecule has 2 heteroatoms. The van der Waals surface area contributed by atoms with Gasteiger partial charge in [0.05, 0.1) is 0 Å². The Labute approximate surface area is 103 Å². The van der Waals surface area contributed by atoms with Crippen LogP contribution in [0.4, 0.5) is 0 Å². The average Bonchev–Trinajstić information content (AvgIpc) is 2.42. The topological polar surface area (TPSA) is 17.1 Å². The van der Waals surface area contributed by atoms with Gasteiger partial charge in [0.25, 0.3) is 0 Å². The first-order valence-corrected chi connectivity index (χ1v) is 7.25. The van der Waals surface area contributed by atoms with Crippen LogP contribution in [0, 0.1) is 0 Å². The standard InChI is InChI=1S/C15H15OP/c1-2-17(14-6-4-3-5-7-14)15-10-8-13(12-16)9-11-15/h3-12H,2H2,1H3. The van der Waals surface area contributed by atoms with Gasteiger partial charge in [-0.25, -0.2) is 0 Å². The minimum absolute atomic E-state index is 0.282. The van der Waals surface area contributed by atoms with Gasteiger partial charge in [-0.15, -0.1) is 0 Å². The molecule has 1 atom stereocenters. The van der Waals surface area contributed by atoms with E-state index in [4.69, 9.17) is 0 Å². The van der Waals surface area contributed by atoms with Gasteiger partial charge in [0.2, 0.25) is 0 Å². The molecule has 0 heterocycles. The van der Waals surface area contributed by atoms with Crippen molar-refractivity contribution in [2.75, 3.05) is 6.16 Å². The van der Waals surface area contributed by atoms with Crippen LogP contribution in [0.5, 0.6) is 0 Å². The Morgan fingerprint density at radius 3 is 2.06 bits per heavy atom. The van der Waals surface area contributed by atoms with E-state index in [0.29, 0.717) is 0 Å². The normalized spacial score (nSPS) is 12.1. The summed E-state index contributed by atoms with van der Waals surface area (Å²) in [4.78, 5) is 10.6. The third kappa shape index (κ3) is 2.81. The predicted molar refractivity (Wildman–Crippen MR) is 75.0 cm³/mol. The fourth-order valence-corrected chi connectivity index (χ4v) is 3.92. The fraction of sp³-hybridized carbons (Fsp3) is 0.133. The summed E-state index contributed by atoms with van der Waals surface area (Å²) >= 11 is 0. The average molecular weight is 242 g/mol. The van der Waals surface area contributed by atoms with Crippen molar-refractivity contribution in [2.24, 2.45) is 0 Å². The maximum atomic E-state index is 10.6. The molecule has 0 saturated heterocycles. The fourth-order valence-electron chi connectivity index (χ4n) is 1.85. The van der Waals surface area contributed by atoms with E-state index < -0.39 is 0 Å². The number of carbonyl (C=O) groups is 1. The Hall–Kier alpha value is -1.46. The van der Waals surface area contributed by atoms with Gasteiger partial charge in [0, 0.05) is 5.56 Å². The number of hydrogen-bond donors (Lipinski definition) is 0. The van der Waals surface area contributed by atoms with E-state index in [2.05, 4.69) is 43.3 Å². The van der Waals surface area contributed by atoms with Gasteiger partial charge in [-0.1, -0.05) is 61.5 Å². The lowest BCUT2D eigenvalue weighted by Crippen LogP contribution is -2.12. The quantitative estimate of drug-likeness (QED) is 0.595. The second kappa shape index (κ2) is 5.75. The lowest BCUT2D eigenvalue weighted by atomic mass is 10.2. The molecule has 0 amide bonds. The van der Waals surface area contributed by atoms with Crippen LogP contribution < -0.4 is 10.6 Å². The van der Waals surface area contributed by atoms with Crippen molar-refractivity contribution in [1.29, 1.82) is 0 Å². The highest BCUT2D eigenvalue weighted by Gasteiger charge is 2.10. The molecule has 0 aliphatic rings. The minimum Gasteiger partial charge on any atom is -0.298 e. The van der Waals surface area contributed by atoms with E-state index in [9.17, 15) is 4.79 Å². The third-order valence-electron chi connectivity index (χ3n) is 2.72. The molecule has 2 aromatic rings. The smallest absolute Gasteiger partial charge is 0.150 e. The molecule has 0 spiro atoms. The van der Waals surface area contributed by atoms with E-state index in [0.717, 1.165) is 18.0 Å². The van der Waals surface area contributed by atoms with Crippen LogP contribution in [0.1, 0.15) is 17.3 Å². The van der Waals surface area contributed by atoms with Crippen LogP contribution >= 0.6 is 7.92 Å². The minimum atomic E-state index is -0.282. The van der Waals surface area contributed by atoms with Crippen LogP contribution in [0.2, 0.25) is 0 Å². The number of benzene rings is 2. The molecule has 0 radical (unpaired) electrons. The zero-order valence-electron chi connectivity index (χ0n) is 9.84. The second-order valence-corrected chi connectivity index (χ2v) is 6.31. The second-order valence-electron chi connectivity index (χ2n) is 3.79. The molecule has 0 aromatic heterocycles. The maximum absolute atomic E-state index is 10.6. The van der Waals surface area contributed by atoms with Gasteiger partial charge in [0.1, 0.15) is 6.29 Å². The zero-order valence-corrected chi connectivity index (χ0v) is 10.7. The molecule has 17 heavy (non-hydrogen) atoms. The lowest BCUT2D eigenvalue weighted by molar-refractivity contribution is 0.112. The SMILES string of the molecule is CCP(c1ccccc1)c1ccc(C=O)cc1. The molecule has 2 aromatic carbocycles. The van der Waals surface area contributed by atoms with Crippen molar-refractivity contribution < 1.29 is 4.79 Å². The molecule has 0 N–H and O–H groups in total. The monoisotopic (exact) mass is 242 g/mol. The maximum Gasteiger partial charge on any atom is 0.150 e. The number of carbonyl (C=O) groups excluding carboxylic acids is 1. The Morgan fingerprint density at radius 1 is 0.941 bits per heavy atom. The molecule has 0 saturated carbocycles. The highest BCUT2D eigenvalue weighted by molar-refractivity contribution is 7.72. The van der Waals surface area contributed by atoms with E-state index in [-0.39, 0.29) is 7.92 Å². The van der Waals surface area contributed by atoms with Gasteiger partial charge in [-0.2, -0.15) is 0 Å². The Morgan fingerprint density at radius 2 is 1.53 bits per heavy atom. The Bertz CT molecular complexity index is 476. The summed E-state index contributed by atoms with van der Waals surface area (Å²) in [5.74, 6) is 0. The van der Waals surface area contributed by atoms with E-state index in [1.807, 2.05) is 18.2 Å². The summed E-state index contributed by atoms with van der Waals surface area (Å²) in [6, 6.07) is 18.5. The highest BCUT2D eigenvalue weighted by Crippen LogP contribution is 2.32. The molecule has 0 bridgehead atoms. The largest absolute Gasteiger partial charge is 0.298 e. The molecule has 0 aliphatic heterocycles. The molecule has 0 aliphatic carbocycles. The summed E-state index contributed by atoms with van der Waals surface area (Å²) in [7, 11) is -0.282. The van der Waals surface area contributed by atoms with Crippen molar-refractivity contribution in [3.63, 3.8) is 0 Å². The van der Waals surface area contributed by atoms with Crippen molar-refractivity contribution in [1.82, 2.24) is 0 Å². The van der Waals surface area contributed by atoms with Crippen molar-refractivity contribution in [3.05, 3.63) is 60.2 Å². The van der Waals surface area contributed by atoms with Gasteiger partial charge in [-0.05, 0) is 24.7 Å². The summed E-state index contributed by atoms with van der Waals surface area (Å²) in [6.07, 6.45) is 2.01. The molecular weight excluding hydrogens is 227 g/mol. The summed E-state index contributed by atoms with van der Waals surface area (Å²) < 4.78 is 0. The first-order valence-electron chi connectivity index (χ1n) is 5.73. The Balaban J connectivity index is 2.32. The first kappa shape index (κ1) is 12.0. The number of aldehydes is 1. The van der Waals surface area contributed by atoms with Crippen LogP contribution in [0.3, 0.4) is 0 Å². The molecule has 1 nitrogen and oxygen atoms in total. The van der Waals surface area contributed by atoms with Crippen molar-refractivity contribution >= 4 is 24.8 Å². The summed E-state index contributed by atoms with van der Waals surface area (Å²) in [5.41, 5.74) is 0.743. The molecule has 86 valence electrons. The van der Waals surface area contributed by atoms with Crippen LogP contribution in [-0.2, 0) is 0 Å². The van der Waals surface area contributed by atoms with Crippen molar-refractivity contribution in [2.45, 2.75) is 6.92 Å². The van der Waals surface area contributed by atoms with Gasteiger partial charge in [0.15, 0.2) is 0 Å². The van der Waals surface area contributed by atoms with Crippen molar-refractivity contribution in [3.8, 4) is 0 Å². The molecule has 1 unspecified atom stereocenters. The lowest BCUT2D eigenvalue weighted by Gasteiger charge is -2.16. The van der Waals surface area contributed by atoms with E-state index in [1.165, 1.54) is 10.6 Å². The molecule has 2 rings (SSSR count). The van der Waals surface area contributed by atoms with E-state index >= 15 is 0 Å². The van der Waals surface area contributed by atoms with Gasteiger partial charge < -0.3 is 0 Å². The first-order chi connectivity index (χ1) is 8.35. The zero-order chi connectivity index (χ0) is 12.1. The predicted octanol–water partition coefficient (Wildman–Crippen LogP) is 2.95. The summed E-state index contributed by atoms with van der Waals surface area (Å²) in [5, 5.41) is 2.73. The van der Waals surface area contributed by atoms with Crippen LogP contribution in [-0.4, -0.2) is 12.4 Å². The number of hydrogen-bond acceptors (Lipinski definition) is 1. The van der Waals surface area contributed by atoms with Gasteiger partial charge >= 0.3 is 0 Å². The van der Waals surface area contributed by atoms with Gasteiger partial charge in [-0.3, -0.25) is 4.79 Å². The van der Waals surface area contributed by atoms with Crippen LogP contribution in [0.25, 0.3) is 0 Å². The summed E-state index contributed by atoms with van der Waals surface area (Å²) in [6.45, 7) is 2.21. The van der Waals surface area contributed by atoms with E-state index in [1.54, 1.807) is 0 Å². The third-order valence-corrected chi connectivity index (χ3v) is 5.20. The highest BCUT2D eigenvalue weighted by atomic mass is 31.1. The van der Waals surface area contributed by atoms with Crippen LogP contribution in [0.15, 0.2) is 54.6 Å². The Kier molecular flexibility index (Phi) is 4.06. The number of rotatable bonds is 4.